The molecule has 0 aliphatic rings. The van der Waals surface area contributed by atoms with Crippen molar-refractivity contribution in [3.63, 3.8) is 0 Å². The van der Waals surface area contributed by atoms with Crippen LogP contribution in [0.4, 0.5) is 5.69 Å². The highest BCUT2D eigenvalue weighted by molar-refractivity contribution is 5.70. The number of carbonyl (C=O) groups is 1. The molecular weight excluding hydrogens is 234 g/mol. The van der Waals surface area contributed by atoms with Gasteiger partial charge in [-0.1, -0.05) is 12.1 Å². The first-order chi connectivity index (χ1) is 8.47. The zero-order chi connectivity index (χ0) is 13.7. The minimum atomic E-state index is -0.376. The van der Waals surface area contributed by atoms with Gasteiger partial charge in [0.15, 0.2) is 0 Å². The Morgan fingerprint density at radius 1 is 1.39 bits per heavy atom. The number of ether oxygens (including phenoxy) is 1. The normalized spacial score (nSPS) is 10.2. The maximum atomic E-state index is 11.3. The summed E-state index contributed by atoms with van der Waals surface area (Å²) in [4.78, 5) is 21.8. The molecule has 0 spiro atoms. The third-order valence-corrected chi connectivity index (χ3v) is 2.83. The molecule has 0 unspecified atom stereocenters. The van der Waals surface area contributed by atoms with Crippen molar-refractivity contribution < 1.29 is 14.5 Å². The van der Waals surface area contributed by atoms with Gasteiger partial charge in [-0.15, -0.1) is 0 Å². The van der Waals surface area contributed by atoms with E-state index in [0.29, 0.717) is 24.2 Å². The highest BCUT2D eigenvalue weighted by Gasteiger charge is 2.17. The van der Waals surface area contributed by atoms with Crippen LogP contribution in [0.1, 0.15) is 30.0 Å². The van der Waals surface area contributed by atoms with E-state index in [-0.39, 0.29) is 23.0 Å². The van der Waals surface area contributed by atoms with Gasteiger partial charge in [-0.2, -0.15) is 0 Å². The number of nitro benzene ring substituents is 1. The van der Waals surface area contributed by atoms with Crippen molar-refractivity contribution in [3.8, 4) is 0 Å². The van der Waals surface area contributed by atoms with Crippen LogP contribution in [-0.2, 0) is 16.0 Å². The Labute approximate surface area is 106 Å². The predicted octanol–water partition coefficient (Wildman–Crippen LogP) is 2.71. The lowest BCUT2D eigenvalue weighted by Crippen LogP contribution is -2.06. The Morgan fingerprint density at radius 3 is 2.61 bits per heavy atom. The zero-order valence-corrected chi connectivity index (χ0v) is 10.9. The molecule has 0 radical (unpaired) electrons. The summed E-state index contributed by atoms with van der Waals surface area (Å²) in [7, 11) is 0. The van der Waals surface area contributed by atoms with Crippen molar-refractivity contribution in [2.45, 2.75) is 33.6 Å². The van der Waals surface area contributed by atoms with E-state index in [1.165, 1.54) is 0 Å². The van der Waals surface area contributed by atoms with Crippen molar-refractivity contribution in [1.29, 1.82) is 0 Å². The molecule has 0 aliphatic carbocycles. The summed E-state index contributed by atoms with van der Waals surface area (Å²) in [6.07, 6.45) is 0.709. The SMILES string of the molecule is CCOC(=O)CCc1ccc(C)c([N+](=O)[O-])c1C. The maximum absolute atomic E-state index is 11.3. The molecule has 0 amide bonds. The number of hydrogen-bond donors (Lipinski definition) is 0. The monoisotopic (exact) mass is 251 g/mol. The van der Waals surface area contributed by atoms with Gasteiger partial charge in [-0.3, -0.25) is 14.9 Å². The molecule has 0 aliphatic heterocycles. The van der Waals surface area contributed by atoms with Gasteiger partial charge in [0.05, 0.1) is 11.5 Å². The number of benzene rings is 1. The molecule has 18 heavy (non-hydrogen) atoms. The first-order valence-corrected chi connectivity index (χ1v) is 5.86. The van der Waals surface area contributed by atoms with E-state index in [1.54, 1.807) is 26.8 Å². The van der Waals surface area contributed by atoms with E-state index in [0.717, 1.165) is 5.56 Å². The number of hydrogen-bond acceptors (Lipinski definition) is 4. The second-order valence-corrected chi connectivity index (χ2v) is 4.08. The van der Waals surface area contributed by atoms with Gasteiger partial charge < -0.3 is 4.74 Å². The molecular formula is C13H17NO4. The third-order valence-electron chi connectivity index (χ3n) is 2.83. The minimum Gasteiger partial charge on any atom is -0.466 e. The molecule has 1 rings (SSSR count). The van der Waals surface area contributed by atoms with Crippen LogP contribution >= 0.6 is 0 Å². The molecule has 5 nitrogen and oxygen atoms in total. The summed E-state index contributed by atoms with van der Waals surface area (Å²) in [5, 5.41) is 10.9. The summed E-state index contributed by atoms with van der Waals surface area (Å²) < 4.78 is 4.83. The molecule has 0 fully saturated rings. The highest BCUT2D eigenvalue weighted by Crippen LogP contribution is 2.26. The van der Waals surface area contributed by atoms with E-state index in [2.05, 4.69) is 0 Å². The second-order valence-electron chi connectivity index (χ2n) is 4.08. The first-order valence-electron chi connectivity index (χ1n) is 5.86. The molecule has 0 saturated carbocycles. The lowest BCUT2D eigenvalue weighted by atomic mass is 9.99. The summed E-state index contributed by atoms with van der Waals surface area (Å²) in [5.74, 6) is -0.278. The van der Waals surface area contributed by atoms with E-state index in [4.69, 9.17) is 4.74 Å². The van der Waals surface area contributed by atoms with Crippen molar-refractivity contribution in [2.75, 3.05) is 6.61 Å². The molecule has 98 valence electrons. The summed E-state index contributed by atoms with van der Waals surface area (Å²) in [6.45, 7) is 5.53. The number of nitro groups is 1. The van der Waals surface area contributed by atoms with E-state index >= 15 is 0 Å². The van der Waals surface area contributed by atoms with Crippen LogP contribution in [-0.4, -0.2) is 17.5 Å². The van der Waals surface area contributed by atoms with E-state index in [1.807, 2.05) is 6.07 Å². The number of aryl methyl sites for hydroxylation is 2. The molecule has 0 heterocycles. The lowest BCUT2D eigenvalue weighted by molar-refractivity contribution is -0.386. The van der Waals surface area contributed by atoms with Gasteiger partial charge >= 0.3 is 5.97 Å². The van der Waals surface area contributed by atoms with Crippen LogP contribution in [0.15, 0.2) is 12.1 Å². The fourth-order valence-electron chi connectivity index (χ4n) is 1.90. The second kappa shape index (κ2) is 6.14. The minimum absolute atomic E-state index is 0.136. The Kier molecular flexibility index (Phi) is 4.83. The topological polar surface area (TPSA) is 69.4 Å². The van der Waals surface area contributed by atoms with Gasteiger partial charge in [-0.05, 0) is 32.8 Å². The standard InChI is InChI=1S/C13H17NO4/c1-4-18-12(15)8-7-11-6-5-9(2)13(10(11)3)14(16)17/h5-6H,4,7-8H2,1-3H3. The summed E-state index contributed by atoms with van der Waals surface area (Å²) in [5.41, 5.74) is 2.22. The molecule has 0 saturated heterocycles. The number of nitrogens with zero attached hydrogens (tertiary/aromatic N) is 1. The smallest absolute Gasteiger partial charge is 0.306 e. The third kappa shape index (κ3) is 3.29. The Balaban J connectivity index is 2.88. The van der Waals surface area contributed by atoms with Gasteiger partial charge in [0.1, 0.15) is 0 Å². The van der Waals surface area contributed by atoms with Gasteiger partial charge in [0, 0.05) is 17.5 Å². The van der Waals surface area contributed by atoms with Crippen molar-refractivity contribution >= 4 is 11.7 Å². The van der Waals surface area contributed by atoms with Crippen molar-refractivity contribution in [2.24, 2.45) is 0 Å². The quantitative estimate of drug-likeness (QED) is 0.458. The van der Waals surface area contributed by atoms with Gasteiger partial charge in [-0.25, -0.2) is 0 Å². The molecule has 0 atom stereocenters. The van der Waals surface area contributed by atoms with Crippen LogP contribution in [0.2, 0.25) is 0 Å². The molecule has 0 N–H and O–H groups in total. The zero-order valence-electron chi connectivity index (χ0n) is 10.9. The Bertz CT molecular complexity index is 468. The van der Waals surface area contributed by atoms with Gasteiger partial charge in [0.2, 0.25) is 0 Å². The van der Waals surface area contributed by atoms with E-state index in [9.17, 15) is 14.9 Å². The van der Waals surface area contributed by atoms with Crippen molar-refractivity contribution in [1.82, 2.24) is 0 Å². The molecule has 0 aromatic heterocycles. The number of carbonyl (C=O) groups excluding carboxylic acids is 1. The van der Waals surface area contributed by atoms with Crippen LogP contribution < -0.4 is 0 Å². The van der Waals surface area contributed by atoms with E-state index < -0.39 is 0 Å². The van der Waals surface area contributed by atoms with Crippen LogP contribution in [0.3, 0.4) is 0 Å². The number of esters is 1. The van der Waals surface area contributed by atoms with Crippen LogP contribution in [0.25, 0.3) is 0 Å². The average molecular weight is 251 g/mol. The highest BCUT2D eigenvalue weighted by atomic mass is 16.6. The number of rotatable bonds is 5. The fourth-order valence-corrected chi connectivity index (χ4v) is 1.90. The Hall–Kier alpha value is -1.91. The summed E-state index contributed by atoms with van der Waals surface area (Å²) >= 11 is 0. The van der Waals surface area contributed by atoms with Crippen molar-refractivity contribution in [3.05, 3.63) is 38.9 Å². The molecule has 1 aromatic rings. The predicted molar refractivity (Wildman–Crippen MR) is 67.5 cm³/mol. The molecule has 0 bridgehead atoms. The largest absolute Gasteiger partial charge is 0.466 e. The fraction of sp³-hybridized carbons (Fsp3) is 0.462. The van der Waals surface area contributed by atoms with Crippen LogP contribution in [0.5, 0.6) is 0 Å². The lowest BCUT2D eigenvalue weighted by Gasteiger charge is -2.08. The van der Waals surface area contributed by atoms with Gasteiger partial charge in [0.25, 0.3) is 5.69 Å². The maximum Gasteiger partial charge on any atom is 0.306 e. The Morgan fingerprint density at radius 2 is 2.06 bits per heavy atom. The average Bonchev–Trinajstić information content (AvgIpc) is 2.28. The van der Waals surface area contributed by atoms with Crippen LogP contribution in [0, 0.1) is 24.0 Å². The molecule has 1 aromatic carbocycles. The summed E-state index contributed by atoms with van der Waals surface area (Å²) in [6, 6.07) is 3.54. The first kappa shape index (κ1) is 14.2. The molecule has 5 heteroatoms.